The van der Waals surface area contributed by atoms with Gasteiger partial charge in [-0.1, -0.05) is 0 Å². The molecule has 0 radical (unpaired) electrons. The smallest absolute Gasteiger partial charge is 0.790 e. The zero-order valence-corrected chi connectivity index (χ0v) is 18.3. The van der Waals surface area contributed by atoms with E-state index in [1.807, 2.05) is 0 Å². The third-order valence-electron chi connectivity index (χ3n) is 2.51. The van der Waals surface area contributed by atoms with Crippen LogP contribution in [0.2, 0.25) is 0 Å². The summed E-state index contributed by atoms with van der Waals surface area (Å²) in [5.41, 5.74) is 0.255. The molecule has 12 heteroatoms. The van der Waals surface area contributed by atoms with Gasteiger partial charge < -0.3 is 23.6 Å². The second-order valence-electron chi connectivity index (χ2n) is 3.96. The standard InChI is InChI=1S/C10H10BrFNO6P.2Na/c11-8-2-1-6(3-9(8)12)13-4-7(19-10(13)14)5-18-20(15,16)17;;/h1-3,7H,4-5H2,(H2,15,16,17);;/q;2*+1/p-2/t7-;;/m1../s1. The first kappa shape index (κ1) is 23.0. The SMILES string of the molecule is O=C1O[C@@H](COP(=O)([O-])[O-])CN1c1ccc(Br)c(F)c1.[Na+].[Na+]. The van der Waals surface area contributed by atoms with Crippen molar-refractivity contribution in [2.45, 2.75) is 6.10 Å². The summed E-state index contributed by atoms with van der Waals surface area (Å²) in [6.45, 7) is -0.606. The number of nitrogens with zero attached hydrogens (tertiary/aromatic N) is 1. The van der Waals surface area contributed by atoms with Gasteiger partial charge in [0.25, 0.3) is 0 Å². The second kappa shape index (κ2) is 9.48. The van der Waals surface area contributed by atoms with Crippen LogP contribution in [0.4, 0.5) is 14.9 Å². The average molecular weight is 414 g/mol. The van der Waals surface area contributed by atoms with E-state index in [1.165, 1.54) is 12.1 Å². The third kappa shape index (κ3) is 6.49. The number of amides is 1. The van der Waals surface area contributed by atoms with Crippen molar-refractivity contribution in [3.8, 4) is 0 Å². The molecule has 1 aliphatic heterocycles. The fourth-order valence-corrected chi connectivity index (χ4v) is 2.24. The molecule has 22 heavy (non-hydrogen) atoms. The van der Waals surface area contributed by atoms with E-state index in [9.17, 15) is 23.5 Å². The van der Waals surface area contributed by atoms with Crippen LogP contribution in [0, 0.1) is 5.82 Å². The van der Waals surface area contributed by atoms with E-state index < -0.39 is 32.4 Å². The number of phosphoric acid groups is 1. The zero-order valence-electron chi connectivity index (χ0n) is 11.8. The molecule has 1 atom stereocenters. The molecule has 0 saturated carbocycles. The van der Waals surface area contributed by atoms with Gasteiger partial charge in [0.15, 0.2) is 0 Å². The van der Waals surface area contributed by atoms with Gasteiger partial charge in [-0.25, -0.2) is 9.18 Å². The van der Waals surface area contributed by atoms with E-state index in [1.54, 1.807) is 0 Å². The van der Waals surface area contributed by atoms with Crippen LogP contribution < -0.4 is 73.8 Å². The van der Waals surface area contributed by atoms with Gasteiger partial charge in [-0.15, -0.1) is 0 Å². The topological polar surface area (TPSA) is 102 Å². The predicted octanol–water partition coefficient (Wildman–Crippen LogP) is -5.23. The van der Waals surface area contributed by atoms with Crippen LogP contribution in [0.1, 0.15) is 0 Å². The average Bonchev–Trinajstić information content (AvgIpc) is 2.71. The van der Waals surface area contributed by atoms with Crippen molar-refractivity contribution < 1.29 is 91.9 Å². The molecule has 1 heterocycles. The molecule has 0 aliphatic carbocycles. The molecular formula is C10H8BrFNNa2O6P. The molecule has 1 amide bonds. The number of carbonyl (C=O) groups excluding carboxylic acids is 1. The number of ether oxygens (including phenoxy) is 1. The Morgan fingerprint density at radius 3 is 2.64 bits per heavy atom. The Morgan fingerprint density at radius 2 is 2.09 bits per heavy atom. The van der Waals surface area contributed by atoms with Gasteiger partial charge in [0.1, 0.15) is 11.9 Å². The largest absolute Gasteiger partial charge is 1.00 e. The molecule has 7 nitrogen and oxygen atoms in total. The number of benzene rings is 1. The van der Waals surface area contributed by atoms with Crippen molar-refractivity contribution in [2.75, 3.05) is 18.1 Å². The van der Waals surface area contributed by atoms with Gasteiger partial charge >= 0.3 is 65.2 Å². The molecule has 2 rings (SSSR count). The molecular weight excluding hydrogens is 406 g/mol. The van der Waals surface area contributed by atoms with Gasteiger partial charge in [-0.2, -0.15) is 0 Å². The third-order valence-corrected chi connectivity index (χ3v) is 3.62. The number of carbonyl (C=O) groups is 1. The molecule has 1 fully saturated rings. The van der Waals surface area contributed by atoms with Crippen LogP contribution in [0.5, 0.6) is 0 Å². The Bertz CT molecular complexity index is 589. The van der Waals surface area contributed by atoms with Gasteiger partial charge in [-0.3, -0.25) is 4.90 Å². The number of hydrogen-bond acceptors (Lipinski definition) is 6. The van der Waals surface area contributed by atoms with Crippen LogP contribution in [-0.4, -0.2) is 25.3 Å². The molecule has 1 aromatic rings. The van der Waals surface area contributed by atoms with Gasteiger partial charge in [0.2, 0.25) is 0 Å². The van der Waals surface area contributed by atoms with Crippen molar-refractivity contribution in [2.24, 2.45) is 0 Å². The van der Waals surface area contributed by atoms with Crippen molar-refractivity contribution in [1.29, 1.82) is 0 Å². The van der Waals surface area contributed by atoms with Crippen molar-refractivity contribution in [1.82, 2.24) is 0 Å². The summed E-state index contributed by atoms with van der Waals surface area (Å²) in [4.78, 5) is 33.4. The summed E-state index contributed by atoms with van der Waals surface area (Å²) in [6, 6.07) is 4.04. The number of cyclic esters (lactones) is 1. The van der Waals surface area contributed by atoms with Crippen LogP contribution in [-0.2, 0) is 13.8 Å². The Morgan fingerprint density at radius 1 is 1.45 bits per heavy atom. The maximum atomic E-state index is 13.4. The van der Waals surface area contributed by atoms with E-state index in [2.05, 4.69) is 20.5 Å². The van der Waals surface area contributed by atoms with Gasteiger partial charge in [0.05, 0.1) is 31.1 Å². The fourth-order valence-electron chi connectivity index (χ4n) is 1.65. The van der Waals surface area contributed by atoms with Crippen LogP contribution in [0.25, 0.3) is 0 Å². The summed E-state index contributed by atoms with van der Waals surface area (Å²) in [6.07, 6.45) is -1.68. The molecule has 1 aromatic carbocycles. The van der Waals surface area contributed by atoms with Gasteiger partial charge in [0, 0.05) is 0 Å². The summed E-state index contributed by atoms with van der Waals surface area (Å²) in [7, 11) is -5.12. The molecule has 0 spiro atoms. The van der Waals surface area contributed by atoms with Crippen molar-refractivity contribution >= 4 is 35.5 Å². The number of phosphoric ester groups is 1. The Balaban J connectivity index is 0.00000220. The quantitative estimate of drug-likeness (QED) is 0.361. The molecule has 110 valence electrons. The van der Waals surface area contributed by atoms with Crippen LogP contribution >= 0.6 is 23.8 Å². The maximum Gasteiger partial charge on any atom is 1.00 e. The van der Waals surface area contributed by atoms with Crippen LogP contribution in [0.3, 0.4) is 0 Å². The molecule has 0 N–H and O–H groups in total. The zero-order chi connectivity index (χ0) is 14.9. The first-order valence-corrected chi connectivity index (χ1v) is 7.61. The normalized spacial score (nSPS) is 17.5. The van der Waals surface area contributed by atoms with E-state index in [0.29, 0.717) is 0 Å². The predicted molar refractivity (Wildman–Crippen MR) is 65.3 cm³/mol. The molecule has 0 aromatic heterocycles. The van der Waals surface area contributed by atoms with E-state index >= 15 is 0 Å². The molecule has 1 saturated heterocycles. The summed E-state index contributed by atoms with van der Waals surface area (Å²) < 4.78 is 32.8. The molecule has 1 aliphatic rings. The summed E-state index contributed by atoms with van der Waals surface area (Å²) in [5, 5.41) is 0. The molecule has 0 bridgehead atoms. The van der Waals surface area contributed by atoms with E-state index in [4.69, 9.17) is 4.74 Å². The minimum absolute atomic E-state index is 0. The first-order chi connectivity index (χ1) is 9.26. The second-order valence-corrected chi connectivity index (χ2v) is 5.96. The number of hydrogen-bond donors (Lipinski definition) is 0. The number of halogens is 2. The Labute approximate surface area is 178 Å². The number of rotatable bonds is 4. The number of anilines is 1. The van der Waals surface area contributed by atoms with Crippen molar-refractivity contribution in [3.63, 3.8) is 0 Å². The monoisotopic (exact) mass is 413 g/mol. The minimum atomic E-state index is -5.12. The van der Waals surface area contributed by atoms with E-state index in [0.717, 1.165) is 11.0 Å². The first-order valence-electron chi connectivity index (χ1n) is 5.36. The van der Waals surface area contributed by atoms with Crippen LogP contribution in [0.15, 0.2) is 22.7 Å². The fraction of sp³-hybridized carbons (Fsp3) is 0.300. The summed E-state index contributed by atoms with van der Waals surface area (Å²) >= 11 is 2.98. The van der Waals surface area contributed by atoms with E-state index in [-0.39, 0.29) is 75.8 Å². The molecule has 0 unspecified atom stereocenters. The van der Waals surface area contributed by atoms with Crippen molar-refractivity contribution in [3.05, 3.63) is 28.5 Å². The Hall–Kier alpha value is 1.01. The summed E-state index contributed by atoms with van der Waals surface area (Å²) in [5.74, 6) is -0.557. The Kier molecular flexibility index (Phi) is 9.92. The van der Waals surface area contributed by atoms with Gasteiger partial charge in [-0.05, 0) is 34.1 Å². The minimum Gasteiger partial charge on any atom is -0.790 e. The maximum absolute atomic E-state index is 13.4.